The highest BCUT2D eigenvalue weighted by Crippen LogP contribution is 2.21. The van der Waals surface area contributed by atoms with Gasteiger partial charge in [0.2, 0.25) is 0 Å². The van der Waals surface area contributed by atoms with Crippen LogP contribution in [0.25, 0.3) is 0 Å². The molecule has 0 spiro atoms. The van der Waals surface area contributed by atoms with Crippen LogP contribution in [-0.4, -0.2) is 17.1 Å². The van der Waals surface area contributed by atoms with E-state index in [1.807, 2.05) is 6.07 Å². The summed E-state index contributed by atoms with van der Waals surface area (Å²) in [5.41, 5.74) is 8.55. The molecule has 0 amide bonds. The second-order valence-electron chi connectivity index (χ2n) is 3.79. The third-order valence-corrected chi connectivity index (χ3v) is 2.72. The lowest BCUT2D eigenvalue weighted by molar-refractivity contribution is 0.0696. The van der Waals surface area contributed by atoms with Crippen LogP contribution >= 0.6 is 0 Å². The number of carboxylic acid groups (broad SMARTS) is 1. The molecule has 3 nitrogen and oxygen atoms in total. The second-order valence-corrected chi connectivity index (χ2v) is 3.79. The minimum atomic E-state index is -0.859. The Balaban J connectivity index is 2.36. The minimum Gasteiger partial charge on any atom is -0.478 e. The average molecular weight is 191 g/mol. The predicted octanol–water partition coefficient (Wildman–Crippen LogP) is 1.20. The lowest BCUT2D eigenvalue weighted by Crippen LogP contribution is -2.27. The van der Waals surface area contributed by atoms with E-state index in [0.29, 0.717) is 5.56 Å². The maximum atomic E-state index is 10.7. The Labute approximate surface area is 82.5 Å². The number of hydrogen-bond acceptors (Lipinski definition) is 2. The molecule has 0 unspecified atom stereocenters. The first-order chi connectivity index (χ1) is 6.66. The van der Waals surface area contributed by atoms with Gasteiger partial charge in [-0.1, -0.05) is 6.07 Å². The predicted molar refractivity (Wildman–Crippen MR) is 53.4 cm³/mol. The van der Waals surface area contributed by atoms with Crippen LogP contribution in [-0.2, 0) is 12.8 Å². The average Bonchev–Trinajstić information content (AvgIpc) is 2.16. The summed E-state index contributed by atoms with van der Waals surface area (Å²) in [4.78, 5) is 10.7. The number of hydrogen-bond donors (Lipinski definition) is 2. The molecular formula is C11H13NO2. The Bertz CT molecular complexity index is 374. The Kier molecular flexibility index (Phi) is 2.25. The molecule has 0 fully saturated rings. The summed E-state index contributed by atoms with van der Waals surface area (Å²) in [5.74, 6) is -0.859. The van der Waals surface area contributed by atoms with Gasteiger partial charge in [0.1, 0.15) is 0 Å². The summed E-state index contributed by atoms with van der Waals surface area (Å²) in [6.45, 7) is 0. The number of benzene rings is 1. The molecule has 0 bridgehead atoms. The number of aromatic carboxylic acids is 1. The van der Waals surface area contributed by atoms with E-state index in [9.17, 15) is 4.79 Å². The van der Waals surface area contributed by atoms with Crippen LogP contribution in [0.3, 0.4) is 0 Å². The van der Waals surface area contributed by atoms with Crippen LogP contribution in [0.5, 0.6) is 0 Å². The van der Waals surface area contributed by atoms with E-state index in [-0.39, 0.29) is 6.04 Å². The summed E-state index contributed by atoms with van der Waals surface area (Å²) in [6.07, 6.45) is 2.73. The highest BCUT2D eigenvalue weighted by atomic mass is 16.4. The Morgan fingerprint density at radius 2 is 2.21 bits per heavy atom. The van der Waals surface area contributed by atoms with Gasteiger partial charge in [0.25, 0.3) is 0 Å². The molecule has 0 heterocycles. The summed E-state index contributed by atoms with van der Waals surface area (Å²) >= 11 is 0. The zero-order valence-electron chi connectivity index (χ0n) is 7.86. The molecule has 1 atom stereocenters. The summed E-state index contributed by atoms with van der Waals surface area (Å²) in [7, 11) is 0. The Morgan fingerprint density at radius 3 is 2.93 bits per heavy atom. The number of carboxylic acids is 1. The molecule has 1 aliphatic rings. The monoisotopic (exact) mass is 191 g/mol. The maximum absolute atomic E-state index is 10.7. The Morgan fingerprint density at radius 1 is 1.43 bits per heavy atom. The van der Waals surface area contributed by atoms with Gasteiger partial charge in [0, 0.05) is 6.04 Å². The van der Waals surface area contributed by atoms with Gasteiger partial charge in [0.15, 0.2) is 0 Å². The van der Waals surface area contributed by atoms with Crippen molar-refractivity contribution < 1.29 is 9.90 Å². The number of carbonyl (C=O) groups is 1. The van der Waals surface area contributed by atoms with Gasteiger partial charge in [-0.25, -0.2) is 4.79 Å². The molecule has 1 aromatic rings. The van der Waals surface area contributed by atoms with Crippen LogP contribution < -0.4 is 5.73 Å². The molecule has 0 saturated heterocycles. The Hall–Kier alpha value is -1.35. The molecule has 0 aliphatic heterocycles. The van der Waals surface area contributed by atoms with Crippen LogP contribution in [0.15, 0.2) is 18.2 Å². The van der Waals surface area contributed by atoms with E-state index in [1.165, 1.54) is 5.56 Å². The van der Waals surface area contributed by atoms with Crippen molar-refractivity contribution >= 4 is 5.97 Å². The number of rotatable bonds is 1. The number of aryl methyl sites for hydroxylation is 1. The van der Waals surface area contributed by atoms with Crippen molar-refractivity contribution in [3.05, 3.63) is 34.9 Å². The molecule has 0 radical (unpaired) electrons. The van der Waals surface area contributed by atoms with Crippen LogP contribution in [0, 0.1) is 0 Å². The zero-order valence-corrected chi connectivity index (χ0v) is 7.86. The summed E-state index contributed by atoms with van der Waals surface area (Å²) in [6, 6.07) is 5.54. The summed E-state index contributed by atoms with van der Waals surface area (Å²) in [5, 5.41) is 8.81. The molecule has 3 N–H and O–H groups in total. The van der Waals surface area contributed by atoms with Gasteiger partial charge in [-0.2, -0.15) is 0 Å². The van der Waals surface area contributed by atoms with Gasteiger partial charge in [-0.15, -0.1) is 0 Å². The molecule has 74 valence electrons. The molecule has 0 aromatic heterocycles. The van der Waals surface area contributed by atoms with Crippen molar-refractivity contribution in [3.8, 4) is 0 Å². The fraction of sp³-hybridized carbons (Fsp3) is 0.364. The van der Waals surface area contributed by atoms with Gasteiger partial charge >= 0.3 is 5.97 Å². The normalized spacial score (nSPS) is 20.2. The van der Waals surface area contributed by atoms with E-state index in [0.717, 1.165) is 24.8 Å². The van der Waals surface area contributed by atoms with Crippen molar-refractivity contribution in [1.29, 1.82) is 0 Å². The molecule has 1 aromatic carbocycles. The standard InChI is InChI=1S/C11H13NO2/c12-10-4-3-7-5-9(11(13)14)2-1-8(7)6-10/h1-2,5,10H,3-4,6,12H2,(H,13,14)/t10-/m1/s1. The SMILES string of the molecule is N[C@@H]1CCc2cc(C(=O)O)ccc2C1. The molecule has 1 aliphatic carbocycles. The third-order valence-electron chi connectivity index (χ3n) is 2.72. The van der Waals surface area contributed by atoms with Crippen LogP contribution in [0.1, 0.15) is 27.9 Å². The second kappa shape index (κ2) is 3.42. The third kappa shape index (κ3) is 1.63. The quantitative estimate of drug-likeness (QED) is 0.701. The fourth-order valence-electron chi connectivity index (χ4n) is 1.92. The van der Waals surface area contributed by atoms with Crippen molar-refractivity contribution in [2.45, 2.75) is 25.3 Å². The fourth-order valence-corrected chi connectivity index (χ4v) is 1.92. The van der Waals surface area contributed by atoms with Crippen LogP contribution in [0.2, 0.25) is 0 Å². The first kappa shape index (κ1) is 9.21. The highest BCUT2D eigenvalue weighted by molar-refractivity contribution is 5.87. The van der Waals surface area contributed by atoms with E-state index < -0.39 is 5.97 Å². The topological polar surface area (TPSA) is 63.3 Å². The summed E-state index contributed by atoms with van der Waals surface area (Å²) < 4.78 is 0. The number of fused-ring (bicyclic) bond motifs is 1. The van der Waals surface area contributed by atoms with E-state index in [2.05, 4.69) is 0 Å². The van der Waals surface area contributed by atoms with Gasteiger partial charge in [-0.3, -0.25) is 0 Å². The zero-order chi connectivity index (χ0) is 10.1. The molecule has 2 rings (SSSR count). The van der Waals surface area contributed by atoms with Crippen molar-refractivity contribution in [2.24, 2.45) is 5.73 Å². The van der Waals surface area contributed by atoms with E-state index in [1.54, 1.807) is 12.1 Å². The van der Waals surface area contributed by atoms with E-state index in [4.69, 9.17) is 10.8 Å². The van der Waals surface area contributed by atoms with Gasteiger partial charge in [-0.05, 0) is 42.5 Å². The maximum Gasteiger partial charge on any atom is 0.335 e. The molecule has 14 heavy (non-hydrogen) atoms. The highest BCUT2D eigenvalue weighted by Gasteiger charge is 2.16. The molecule has 0 saturated carbocycles. The van der Waals surface area contributed by atoms with Gasteiger partial charge in [0.05, 0.1) is 5.56 Å². The lowest BCUT2D eigenvalue weighted by atomic mass is 9.88. The minimum absolute atomic E-state index is 0.234. The van der Waals surface area contributed by atoms with Gasteiger partial charge < -0.3 is 10.8 Å². The first-order valence-corrected chi connectivity index (χ1v) is 4.77. The van der Waals surface area contributed by atoms with Crippen molar-refractivity contribution in [2.75, 3.05) is 0 Å². The lowest BCUT2D eigenvalue weighted by Gasteiger charge is -2.21. The number of nitrogens with two attached hydrogens (primary N) is 1. The molecule has 3 heteroatoms. The van der Waals surface area contributed by atoms with E-state index >= 15 is 0 Å². The largest absolute Gasteiger partial charge is 0.478 e. The van der Waals surface area contributed by atoms with Crippen molar-refractivity contribution in [1.82, 2.24) is 0 Å². The smallest absolute Gasteiger partial charge is 0.335 e. The van der Waals surface area contributed by atoms with Crippen molar-refractivity contribution in [3.63, 3.8) is 0 Å². The van der Waals surface area contributed by atoms with Crippen LogP contribution in [0.4, 0.5) is 0 Å². The first-order valence-electron chi connectivity index (χ1n) is 4.77. The molecular weight excluding hydrogens is 178 g/mol.